The van der Waals surface area contributed by atoms with Gasteiger partial charge < -0.3 is 14.8 Å². The third kappa shape index (κ3) is 2.87. The quantitative estimate of drug-likeness (QED) is 0.803. The van der Waals surface area contributed by atoms with Crippen LogP contribution in [-0.2, 0) is 10.0 Å². The Kier molecular flexibility index (Phi) is 4.46. The number of aliphatic hydroxyl groups is 1. The Bertz CT molecular complexity index is 587. The highest BCUT2D eigenvalue weighted by atomic mass is 32.2. The van der Waals surface area contributed by atoms with Crippen LogP contribution in [0.25, 0.3) is 0 Å². The summed E-state index contributed by atoms with van der Waals surface area (Å²) < 4.78 is 31.4. The maximum absolute atomic E-state index is 12.4. The van der Waals surface area contributed by atoms with Crippen LogP contribution in [0.3, 0.4) is 0 Å². The summed E-state index contributed by atoms with van der Waals surface area (Å²) in [5.74, 6) is -0.398. The van der Waals surface area contributed by atoms with Gasteiger partial charge in [-0.1, -0.05) is 0 Å². The van der Waals surface area contributed by atoms with E-state index in [1.165, 1.54) is 17.3 Å². The number of aliphatic hydroxyl groups excluding tert-OH is 1. The molecule has 112 valence electrons. The summed E-state index contributed by atoms with van der Waals surface area (Å²) in [7, 11) is -3.59. The first-order valence-electron chi connectivity index (χ1n) is 6.46. The first-order valence-corrected chi connectivity index (χ1v) is 7.90. The molecule has 1 fully saturated rings. The van der Waals surface area contributed by atoms with Gasteiger partial charge in [0.15, 0.2) is 5.76 Å². The lowest BCUT2D eigenvalue weighted by atomic mass is 10.4. The second kappa shape index (κ2) is 5.94. The Hall–Kier alpha value is -1.38. The van der Waals surface area contributed by atoms with Crippen LogP contribution < -0.4 is 5.32 Å². The molecule has 0 bridgehead atoms. The molecule has 7 nitrogen and oxygen atoms in total. The Morgan fingerprint density at radius 3 is 2.70 bits per heavy atom. The van der Waals surface area contributed by atoms with Gasteiger partial charge in [0.05, 0.1) is 6.61 Å². The lowest BCUT2D eigenvalue weighted by molar-refractivity contribution is 0.0916. The number of furan rings is 1. The number of aryl methyl sites for hydroxylation is 1. The Morgan fingerprint density at radius 1 is 1.45 bits per heavy atom. The fraction of sp³-hybridized carbons (Fsp3) is 0.583. The largest absolute Gasteiger partial charge is 0.455 e. The molecule has 1 saturated heterocycles. The average Bonchev–Trinajstić information content (AvgIpc) is 3.05. The molecule has 1 aliphatic heterocycles. The summed E-state index contributed by atoms with van der Waals surface area (Å²) in [6.07, 6.45) is 1.69. The van der Waals surface area contributed by atoms with Crippen LogP contribution >= 0.6 is 0 Å². The van der Waals surface area contributed by atoms with Crippen molar-refractivity contribution in [3.63, 3.8) is 0 Å². The predicted octanol–water partition coefficient (Wildman–Crippen LogP) is 0.0946. The smallest absolute Gasteiger partial charge is 0.287 e. The minimum absolute atomic E-state index is 0.0357. The summed E-state index contributed by atoms with van der Waals surface area (Å²) in [5, 5.41) is 11.1. The van der Waals surface area contributed by atoms with E-state index in [-0.39, 0.29) is 29.6 Å². The van der Waals surface area contributed by atoms with Crippen LogP contribution in [0.2, 0.25) is 0 Å². The van der Waals surface area contributed by atoms with Crippen LogP contribution in [-0.4, -0.2) is 50.0 Å². The van der Waals surface area contributed by atoms with E-state index in [0.717, 1.165) is 12.8 Å². The summed E-state index contributed by atoms with van der Waals surface area (Å²) in [6.45, 7) is 2.42. The van der Waals surface area contributed by atoms with E-state index in [1.54, 1.807) is 0 Å². The van der Waals surface area contributed by atoms with Gasteiger partial charge in [0, 0.05) is 25.7 Å². The molecule has 1 aromatic heterocycles. The Morgan fingerprint density at radius 2 is 2.10 bits per heavy atom. The second-order valence-corrected chi connectivity index (χ2v) is 6.53. The molecular weight excluding hydrogens is 284 g/mol. The van der Waals surface area contributed by atoms with Gasteiger partial charge in [0.25, 0.3) is 5.91 Å². The molecule has 0 spiro atoms. The number of nitrogens with zero attached hydrogens (tertiary/aromatic N) is 1. The van der Waals surface area contributed by atoms with Crippen molar-refractivity contribution in [3.8, 4) is 0 Å². The van der Waals surface area contributed by atoms with E-state index in [1.807, 2.05) is 0 Å². The first-order chi connectivity index (χ1) is 9.46. The summed E-state index contributed by atoms with van der Waals surface area (Å²) in [6, 6.07) is 1.25. The van der Waals surface area contributed by atoms with E-state index >= 15 is 0 Å². The minimum Gasteiger partial charge on any atom is -0.455 e. The van der Waals surface area contributed by atoms with Crippen LogP contribution in [0.1, 0.15) is 29.2 Å². The molecular formula is C12H18N2O5S. The van der Waals surface area contributed by atoms with Crippen LogP contribution in [0.5, 0.6) is 0 Å². The number of amides is 1. The second-order valence-electron chi connectivity index (χ2n) is 4.62. The molecule has 0 unspecified atom stereocenters. The van der Waals surface area contributed by atoms with Crippen molar-refractivity contribution in [3.05, 3.63) is 17.6 Å². The standard InChI is InChI=1S/C12H18N2O5S/c1-9-11(20(17,18)14-5-2-3-6-14)8-10(19-9)12(16)13-4-7-15/h8,15H,2-7H2,1H3,(H,13,16). The van der Waals surface area contributed by atoms with Crippen LogP contribution in [0, 0.1) is 6.92 Å². The summed E-state index contributed by atoms with van der Waals surface area (Å²) >= 11 is 0. The first kappa shape index (κ1) is 15.0. The molecule has 0 atom stereocenters. The molecule has 0 saturated carbocycles. The van der Waals surface area contributed by atoms with Crippen molar-refractivity contribution < 1.29 is 22.7 Å². The van der Waals surface area contributed by atoms with Crippen molar-refractivity contribution in [2.24, 2.45) is 0 Å². The third-order valence-electron chi connectivity index (χ3n) is 3.18. The lowest BCUT2D eigenvalue weighted by Gasteiger charge is -2.14. The fourth-order valence-electron chi connectivity index (χ4n) is 2.16. The van der Waals surface area contributed by atoms with Gasteiger partial charge in [0.2, 0.25) is 10.0 Å². The molecule has 1 amide bonds. The lowest BCUT2D eigenvalue weighted by Crippen LogP contribution is -2.28. The van der Waals surface area contributed by atoms with Crippen LogP contribution in [0.15, 0.2) is 15.4 Å². The van der Waals surface area contributed by atoms with Gasteiger partial charge in [-0.3, -0.25) is 4.79 Å². The van der Waals surface area contributed by atoms with Crippen molar-refractivity contribution >= 4 is 15.9 Å². The zero-order chi connectivity index (χ0) is 14.8. The van der Waals surface area contributed by atoms with Crippen molar-refractivity contribution in [2.45, 2.75) is 24.7 Å². The van der Waals surface area contributed by atoms with Gasteiger partial charge in [-0.2, -0.15) is 4.31 Å². The van der Waals surface area contributed by atoms with Crippen molar-refractivity contribution in [1.82, 2.24) is 9.62 Å². The van der Waals surface area contributed by atoms with Crippen molar-refractivity contribution in [1.29, 1.82) is 0 Å². The SMILES string of the molecule is Cc1oc(C(=O)NCCO)cc1S(=O)(=O)N1CCCC1. The minimum atomic E-state index is -3.59. The fourth-order valence-corrected chi connectivity index (χ4v) is 3.84. The molecule has 8 heteroatoms. The number of sulfonamides is 1. The molecule has 2 heterocycles. The number of carbonyl (C=O) groups excluding carboxylic acids is 1. The normalized spacial score (nSPS) is 16.5. The van der Waals surface area contributed by atoms with Gasteiger partial charge in [-0.05, 0) is 19.8 Å². The molecule has 0 aromatic carbocycles. The highest BCUT2D eigenvalue weighted by Crippen LogP contribution is 2.26. The Balaban J connectivity index is 2.25. The topological polar surface area (TPSA) is 99.8 Å². The molecule has 1 aliphatic rings. The average molecular weight is 302 g/mol. The van der Waals surface area contributed by atoms with E-state index in [4.69, 9.17) is 9.52 Å². The van der Waals surface area contributed by atoms with E-state index < -0.39 is 15.9 Å². The van der Waals surface area contributed by atoms with Gasteiger partial charge in [-0.15, -0.1) is 0 Å². The maximum Gasteiger partial charge on any atom is 0.287 e. The summed E-state index contributed by atoms with van der Waals surface area (Å²) in [5.41, 5.74) is 0. The molecule has 20 heavy (non-hydrogen) atoms. The number of carbonyl (C=O) groups is 1. The number of rotatable bonds is 5. The number of hydrogen-bond donors (Lipinski definition) is 2. The van der Waals surface area contributed by atoms with Crippen molar-refractivity contribution in [2.75, 3.05) is 26.2 Å². The van der Waals surface area contributed by atoms with Crippen LogP contribution in [0.4, 0.5) is 0 Å². The molecule has 2 rings (SSSR count). The number of nitrogens with one attached hydrogen (secondary N) is 1. The predicted molar refractivity (Wildman–Crippen MR) is 70.9 cm³/mol. The third-order valence-corrected chi connectivity index (χ3v) is 5.18. The van der Waals surface area contributed by atoms with E-state index in [0.29, 0.717) is 13.1 Å². The highest BCUT2D eigenvalue weighted by molar-refractivity contribution is 7.89. The molecule has 2 N–H and O–H groups in total. The molecule has 0 radical (unpaired) electrons. The monoisotopic (exact) mass is 302 g/mol. The highest BCUT2D eigenvalue weighted by Gasteiger charge is 2.31. The maximum atomic E-state index is 12.4. The van der Waals surface area contributed by atoms with Gasteiger partial charge >= 0.3 is 0 Å². The van der Waals surface area contributed by atoms with Gasteiger partial charge in [-0.25, -0.2) is 8.42 Å². The van der Waals surface area contributed by atoms with Gasteiger partial charge in [0.1, 0.15) is 10.7 Å². The van der Waals surface area contributed by atoms with E-state index in [9.17, 15) is 13.2 Å². The zero-order valence-electron chi connectivity index (χ0n) is 11.3. The molecule has 1 aromatic rings. The van der Waals surface area contributed by atoms with E-state index in [2.05, 4.69) is 5.32 Å². The Labute approximate surface area is 117 Å². The summed E-state index contributed by atoms with van der Waals surface area (Å²) in [4.78, 5) is 11.7. The zero-order valence-corrected chi connectivity index (χ0v) is 12.1. The molecule has 0 aliphatic carbocycles. The number of hydrogen-bond acceptors (Lipinski definition) is 5.